The summed E-state index contributed by atoms with van der Waals surface area (Å²) in [4.78, 5) is 33.1. The summed E-state index contributed by atoms with van der Waals surface area (Å²) in [7, 11) is 0. The Morgan fingerprint density at radius 3 is 2.38 bits per heavy atom. The van der Waals surface area contributed by atoms with Gasteiger partial charge in [-0.05, 0) is 18.6 Å². The van der Waals surface area contributed by atoms with Crippen LogP contribution in [0.3, 0.4) is 0 Å². The molecule has 0 aliphatic heterocycles. The van der Waals surface area contributed by atoms with Crippen LogP contribution in [0.2, 0.25) is 10.0 Å². The van der Waals surface area contributed by atoms with E-state index < -0.39 is 30.4 Å². The molecule has 1 rings (SSSR count). The van der Waals surface area contributed by atoms with Crippen molar-refractivity contribution in [3.63, 3.8) is 0 Å². The number of carboxylic acid groups (broad SMARTS) is 2. The predicted octanol–water partition coefficient (Wildman–Crippen LogP) is 2.35. The van der Waals surface area contributed by atoms with E-state index in [1.807, 2.05) is 5.32 Å². The molecule has 0 aromatic heterocycles. The van der Waals surface area contributed by atoms with Crippen molar-refractivity contribution in [3.8, 4) is 0 Å². The highest BCUT2D eigenvalue weighted by molar-refractivity contribution is 6.40. The van der Waals surface area contributed by atoms with Crippen molar-refractivity contribution in [2.75, 3.05) is 5.32 Å². The first-order valence-electron chi connectivity index (χ1n) is 5.69. The molecule has 1 aromatic rings. The van der Waals surface area contributed by atoms with E-state index in [2.05, 4.69) is 5.32 Å². The molecule has 0 radical (unpaired) electrons. The van der Waals surface area contributed by atoms with Gasteiger partial charge in [-0.25, -0.2) is 9.59 Å². The quantitative estimate of drug-likeness (QED) is 0.659. The number of rotatable bonds is 5. The van der Waals surface area contributed by atoms with Crippen LogP contribution in [0.15, 0.2) is 12.1 Å². The van der Waals surface area contributed by atoms with Gasteiger partial charge in [0, 0.05) is 0 Å². The van der Waals surface area contributed by atoms with Gasteiger partial charge in [0.1, 0.15) is 6.04 Å². The third kappa shape index (κ3) is 4.80. The van der Waals surface area contributed by atoms with Gasteiger partial charge in [0.15, 0.2) is 0 Å². The summed E-state index contributed by atoms with van der Waals surface area (Å²) < 4.78 is 0. The zero-order chi connectivity index (χ0) is 16.2. The molecule has 114 valence electrons. The van der Waals surface area contributed by atoms with Crippen molar-refractivity contribution in [3.05, 3.63) is 27.7 Å². The van der Waals surface area contributed by atoms with E-state index in [1.165, 1.54) is 6.07 Å². The summed E-state index contributed by atoms with van der Waals surface area (Å²) in [5, 5.41) is 22.1. The molecule has 21 heavy (non-hydrogen) atoms. The molecule has 0 unspecified atom stereocenters. The van der Waals surface area contributed by atoms with Gasteiger partial charge >= 0.3 is 18.0 Å². The van der Waals surface area contributed by atoms with Gasteiger partial charge in [-0.2, -0.15) is 0 Å². The van der Waals surface area contributed by atoms with Crippen LogP contribution in [0.1, 0.15) is 12.0 Å². The third-order valence-electron chi connectivity index (χ3n) is 2.50. The highest BCUT2D eigenvalue weighted by Gasteiger charge is 2.23. The molecule has 0 heterocycles. The summed E-state index contributed by atoms with van der Waals surface area (Å²) in [6.45, 7) is 1.70. The molecule has 0 spiro atoms. The Morgan fingerprint density at radius 1 is 1.24 bits per heavy atom. The van der Waals surface area contributed by atoms with Crippen molar-refractivity contribution < 1.29 is 24.6 Å². The highest BCUT2D eigenvalue weighted by Crippen LogP contribution is 2.32. The number of carbonyl (C=O) groups excluding carboxylic acids is 1. The molecule has 0 saturated heterocycles. The van der Waals surface area contributed by atoms with Crippen LogP contribution in [0.25, 0.3) is 0 Å². The molecule has 4 N–H and O–H groups in total. The second kappa shape index (κ2) is 7.14. The lowest BCUT2D eigenvalue weighted by Crippen LogP contribution is -2.44. The van der Waals surface area contributed by atoms with E-state index in [1.54, 1.807) is 13.0 Å². The summed E-state index contributed by atoms with van der Waals surface area (Å²) in [6, 6.07) is 0.686. The molecule has 0 aliphatic carbocycles. The van der Waals surface area contributed by atoms with E-state index in [0.29, 0.717) is 5.56 Å². The van der Waals surface area contributed by atoms with Crippen molar-refractivity contribution in [2.45, 2.75) is 19.4 Å². The molecule has 1 atom stereocenters. The Balaban J connectivity index is 2.84. The molecule has 0 aliphatic rings. The molecule has 0 bridgehead atoms. The minimum absolute atomic E-state index is 0.121. The minimum Gasteiger partial charge on any atom is -0.481 e. The summed E-state index contributed by atoms with van der Waals surface area (Å²) >= 11 is 11.9. The molecule has 0 fully saturated rings. The molecule has 9 heteroatoms. The molecule has 0 saturated carbocycles. The average molecular weight is 335 g/mol. The van der Waals surface area contributed by atoms with Crippen molar-refractivity contribution in [1.29, 1.82) is 0 Å². The van der Waals surface area contributed by atoms with Crippen LogP contribution in [0, 0.1) is 6.92 Å². The lowest BCUT2D eigenvalue weighted by Gasteiger charge is -2.15. The maximum Gasteiger partial charge on any atom is 0.326 e. The van der Waals surface area contributed by atoms with Crippen LogP contribution in [0.4, 0.5) is 10.5 Å². The Kier molecular flexibility index (Phi) is 5.80. The van der Waals surface area contributed by atoms with Crippen molar-refractivity contribution >= 4 is 46.9 Å². The van der Waals surface area contributed by atoms with Gasteiger partial charge in [0.05, 0.1) is 22.2 Å². The van der Waals surface area contributed by atoms with Gasteiger partial charge in [-0.1, -0.05) is 29.3 Å². The first-order valence-corrected chi connectivity index (χ1v) is 6.44. The molecule has 2 amide bonds. The number of anilines is 1. The van der Waals surface area contributed by atoms with E-state index in [0.717, 1.165) is 0 Å². The number of benzene rings is 1. The van der Waals surface area contributed by atoms with E-state index in [-0.39, 0.29) is 15.7 Å². The Labute approximate surface area is 129 Å². The largest absolute Gasteiger partial charge is 0.481 e. The Morgan fingerprint density at radius 2 is 1.86 bits per heavy atom. The number of aliphatic carboxylic acids is 2. The second-order valence-electron chi connectivity index (χ2n) is 4.14. The first kappa shape index (κ1) is 17.1. The van der Waals surface area contributed by atoms with Crippen molar-refractivity contribution in [1.82, 2.24) is 5.32 Å². The number of urea groups is 1. The molecule has 7 nitrogen and oxygen atoms in total. The minimum atomic E-state index is -1.56. The zero-order valence-electron chi connectivity index (χ0n) is 10.8. The number of carboxylic acids is 2. The molecule has 1 aromatic carbocycles. The maximum atomic E-state index is 11.7. The smallest absolute Gasteiger partial charge is 0.326 e. The lowest BCUT2D eigenvalue weighted by molar-refractivity contribution is -0.145. The monoisotopic (exact) mass is 334 g/mol. The normalized spacial score (nSPS) is 11.6. The number of amides is 2. The van der Waals surface area contributed by atoms with Crippen LogP contribution in [0.5, 0.6) is 0 Å². The van der Waals surface area contributed by atoms with Crippen LogP contribution < -0.4 is 10.6 Å². The van der Waals surface area contributed by atoms with Crippen LogP contribution >= 0.6 is 23.2 Å². The van der Waals surface area contributed by atoms with Crippen LogP contribution in [-0.4, -0.2) is 34.2 Å². The number of aryl methyl sites for hydroxylation is 1. The Bertz CT molecular complexity index is 591. The summed E-state index contributed by atoms with van der Waals surface area (Å²) in [5.74, 6) is -2.82. The first-order chi connectivity index (χ1) is 9.72. The number of carbonyl (C=O) groups is 3. The van der Waals surface area contributed by atoms with E-state index >= 15 is 0 Å². The standard InChI is InChI=1S/C12H12Cl2N2O5/c1-5-2-3-6(13)10(9(5)14)16-12(21)15-7(11(19)20)4-8(17)18/h2-3,7H,4H2,1H3,(H,17,18)(H,19,20)(H2,15,16,21)/t7-/m0/s1. The van der Waals surface area contributed by atoms with Gasteiger partial charge in [0.2, 0.25) is 0 Å². The van der Waals surface area contributed by atoms with Gasteiger partial charge in [-0.15, -0.1) is 0 Å². The number of nitrogens with one attached hydrogen (secondary N) is 2. The van der Waals surface area contributed by atoms with E-state index in [4.69, 9.17) is 33.4 Å². The number of hydrogen-bond acceptors (Lipinski definition) is 3. The third-order valence-corrected chi connectivity index (χ3v) is 3.31. The molecular weight excluding hydrogens is 323 g/mol. The zero-order valence-corrected chi connectivity index (χ0v) is 12.3. The number of halogens is 2. The van der Waals surface area contributed by atoms with Gasteiger partial charge < -0.3 is 20.8 Å². The van der Waals surface area contributed by atoms with Crippen molar-refractivity contribution in [2.24, 2.45) is 0 Å². The summed E-state index contributed by atoms with van der Waals surface area (Å²) in [6.07, 6.45) is -0.752. The fraction of sp³-hybridized carbons (Fsp3) is 0.250. The topological polar surface area (TPSA) is 116 Å². The fourth-order valence-electron chi connectivity index (χ4n) is 1.45. The average Bonchev–Trinajstić information content (AvgIpc) is 2.38. The number of hydrogen-bond donors (Lipinski definition) is 4. The SMILES string of the molecule is Cc1ccc(Cl)c(NC(=O)N[C@@H](CC(=O)O)C(=O)O)c1Cl. The lowest BCUT2D eigenvalue weighted by atomic mass is 10.2. The molecular formula is C12H12Cl2N2O5. The Hall–Kier alpha value is -1.99. The fourth-order valence-corrected chi connectivity index (χ4v) is 1.92. The second-order valence-corrected chi connectivity index (χ2v) is 4.93. The van der Waals surface area contributed by atoms with Crippen LogP contribution in [-0.2, 0) is 9.59 Å². The van der Waals surface area contributed by atoms with Gasteiger partial charge in [0.25, 0.3) is 0 Å². The summed E-state index contributed by atoms with van der Waals surface area (Å²) in [5.41, 5.74) is 0.784. The predicted molar refractivity (Wildman–Crippen MR) is 77.0 cm³/mol. The highest BCUT2D eigenvalue weighted by atomic mass is 35.5. The maximum absolute atomic E-state index is 11.7. The van der Waals surface area contributed by atoms with E-state index in [9.17, 15) is 14.4 Å². The van der Waals surface area contributed by atoms with Gasteiger partial charge in [-0.3, -0.25) is 4.79 Å².